The molecule has 19 heavy (non-hydrogen) atoms. The van der Waals surface area contributed by atoms with E-state index >= 15 is 0 Å². The number of carbonyl (C=O) groups excluding carboxylic acids is 2. The van der Waals surface area contributed by atoms with Gasteiger partial charge in [0.15, 0.2) is 0 Å². The highest BCUT2D eigenvalue weighted by atomic mass is 16.6. The van der Waals surface area contributed by atoms with Crippen molar-refractivity contribution in [2.75, 3.05) is 33.0 Å². The van der Waals surface area contributed by atoms with Crippen molar-refractivity contribution in [1.82, 2.24) is 0 Å². The summed E-state index contributed by atoms with van der Waals surface area (Å²) in [7, 11) is 0. The predicted octanol–water partition coefficient (Wildman–Crippen LogP) is 1.56. The van der Waals surface area contributed by atoms with Crippen LogP contribution in [0.2, 0.25) is 0 Å². The van der Waals surface area contributed by atoms with Crippen LogP contribution in [0.15, 0.2) is 0 Å². The van der Waals surface area contributed by atoms with Crippen LogP contribution in [0.1, 0.15) is 34.6 Å². The number of hydrogen-bond acceptors (Lipinski definition) is 6. The highest BCUT2D eigenvalue weighted by Gasteiger charge is 2.03. The van der Waals surface area contributed by atoms with E-state index in [9.17, 15) is 9.59 Å². The first-order valence-electron chi connectivity index (χ1n) is 6.40. The Morgan fingerprint density at radius 2 is 1.53 bits per heavy atom. The van der Waals surface area contributed by atoms with Gasteiger partial charge in [0, 0.05) is 27.1 Å². The van der Waals surface area contributed by atoms with Crippen LogP contribution in [-0.4, -0.2) is 51.1 Å². The van der Waals surface area contributed by atoms with E-state index in [1.807, 2.05) is 13.8 Å². The van der Waals surface area contributed by atoms with Crippen molar-refractivity contribution < 1.29 is 28.5 Å². The van der Waals surface area contributed by atoms with Gasteiger partial charge in [0.2, 0.25) is 0 Å². The van der Waals surface area contributed by atoms with Crippen molar-refractivity contribution >= 4 is 11.9 Å². The third-order valence-corrected chi connectivity index (χ3v) is 1.66. The molecule has 0 saturated carbocycles. The van der Waals surface area contributed by atoms with Crippen LogP contribution in [0, 0.1) is 0 Å². The molecule has 0 saturated heterocycles. The van der Waals surface area contributed by atoms with Gasteiger partial charge in [0.25, 0.3) is 0 Å². The highest BCUT2D eigenvalue weighted by Crippen LogP contribution is 1.91. The molecule has 0 bridgehead atoms. The fourth-order valence-corrected chi connectivity index (χ4v) is 0.990. The van der Waals surface area contributed by atoms with Gasteiger partial charge in [0.05, 0.1) is 13.2 Å². The Kier molecular flexibility index (Phi) is 15.8. The Labute approximate surface area is 115 Å². The lowest BCUT2D eigenvalue weighted by Crippen LogP contribution is -2.18. The van der Waals surface area contributed by atoms with Crippen molar-refractivity contribution in [2.45, 2.75) is 40.7 Å². The maximum Gasteiger partial charge on any atom is 0.302 e. The first-order valence-corrected chi connectivity index (χ1v) is 6.40. The second-order valence-corrected chi connectivity index (χ2v) is 3.62. The topological polar surface area (TPSA) is 71.1 Å². The summed E-state index contributed by atoms with van der Waals surface area (Å²) in [4.78, 5) is 20.5. The van der Waals surface area contributed by atoms with E-state index in [1.54, 1.807) is 6.92 Å². The standard InChI is InChI=1S/C7H14O3.C6H12O3/c1-4-9-5-6(2)10-7(3)8;1-3-8-4-5-9-6(2)7/h6H,4-5H2,1-3H3;3-5H2,1-2H3. The van der Waals surface area contributed by atoms with Crippen LogP contribution >= 0.6 is 0 Å². The van der Waals surface area contributed by atoms with Crippen molar-refractivity contribution in [2.24, 2.45) is 0 Å². The lowest BCUT2D eigenvalue weighted by atomic mass is 10.4. The number of carbonyl (C=O) groups is 2. The lowest BCUT2D eigenvalue weighted by molar-refractivity contribution is -0.148. The summed E-state index contributed by atoms with van der Waals surface area (Å²) in [6, 6.07) is 0. The third-order valence-electron chi connectivity index (χ3n) is 1.66. The molecular formula is C13H26O6. The summed E-state index contributed by atoms with van der Waals surface area (Å²) < 4.78 is 19.3. The average Bonchev–Trinajstić information content (AvgIpc) is 2.32. The van der Waals surface area contributed by atoms with E-state index in [1.165, 1.54) is 13.8 Å². The number of rotatable bonds is 8. The Bertz CT molecular complexity index is 229. The van der Waals surface area contributed by atoms with Gasteiger partial charge < -0.3 is 18.9 Å². The average molecular weight is 278 g/mol. The molecule has 0 aromatic heterocycles. The molecule has 1 unspecified atom stereocenters. The molecule has 0 aromatic carbocycles. The number of ether oxygens (including phenoxy) is 4. The molecule has 0 fully saturated rings. The van der Waals surface area contributed by atoms with Gasteiger partial charge in [-0.25, -0.2) is 0 Å². The van der Waals surface area contributed by atoms with E-state index in [4.69, 9.17) is 14.2 Å². The monoisotopic (exact) mass is 278 g/mol. The van der Waals surface area contributed by atoms with Gasteiger partial charge >= 0.3 is 11.9 Å². The molecule has 0 aliphatic rings. The van der Waals surface area contributed by atoms with Crippen LogP contribution in [0.4, 0.5) is 0 Å². The lowest BCUT2D eigenvalue weighted by Gasteiger charge is -2.10. The zero-order valence-corrected chi connectivity index (χ0v) is 12.6. The SMILES string of the molecule is CCOCC(C)OC(C)=O.CCOCCOC(C)=O. The molecule has 0 N–H and O–H groups in total. The van der Waals surface area contributed by atoms with Gasteiger partial charge in [-0.15, -0.1) is 0 Å². The number of esters is 2. The smallest absolute Gasteiger partial charge is 0.302 e. The quantitative estimate of drug-likeness (QED) is 0.495. The third kappa shape index (κ3) is 22.5. The molecule has 1 atom stereocenters. The molecule has 0 spiro atoms. The Morgan fingerprint density at radius 1 is 0.947 bits per heavy atom. The summed E-state index contributed by atoms with van der Waals surface area (Å²) in [5, 5.41) is 0. The summed E-state index contributed by atoms with van der Waals surface area (Å²) in [5.41, 5.74) is 0. The molecule has 6 heteroatoms. The van der Waals surface area contributed by atoms with E-state index < -0.39 is 0 Å². The minimum absolute atomic E-state index is 0.127. The summed E-state index contributed by atoms with van der Waals surface area (Å²) in [6.07, 6.45) is -0.127. The highest BCUT2D eigenvalue weighted by molar-refractivity contribution is 5.66. The Morgan fingerprint density at radius 3 is 1.95 bits per heavy atom. The van der Waals surface area contributed by atoms with E-state index in [-0.39, 0.29) is 18.0 Å². The minimum atomic E-state index is -0.257. The van der Waals surface area contributed by atoms with Crippen molar-refractivity contribution in [1.29, 1.82) is 0 Å². The van der Waals surface area contributed by atoms with Gasteiger partial charge in [-0.2, -0.15) is 0 Å². The first kappa shape index (κ1) is 20.2. The normalized spacial score (nSPS) is 11.0. The van der Waals surface area contributed by atoms with Crippen molar-refractivity contribution in [3.8, 4) is 0 Å². The molecular weight excluding hydrogens is 252 g/mol. The summed E-state index contributed by atoms with van der Waals surface area (Å²) in [6.45, 7) is 11.0. The molecule has 0 rings (SSSR count). The Hall–Kier alpha value is -1.14. The predicted molar refractivity (Wildman–Crippen MR) is 70.8 cm³/mol. The first-order chi connectivity index (χ1) is 8.93. The van der Waals surface area contributed by atoms with Crippen LogP contribution in [0.3, 0.4) is 0 Å². The van der Waals surface area contributed by atoms with E-state index in [2.05, 4.69) is 4.74 Å². The van der Waals surface area contributed by atoms with Gasteiger partial charge in [-0.1, -0.05) is 0 Å². The summed E-state index contributed by atoms with van der Waals surface area (Å²) >= 11 is 0. The molecule has 0 heterocycles. The zero-order chi connectivity index (χ0) is 15.1. The molecule has 0 aliphatic heterocycles. The fourth-order valence-electron chi connectivity index (χ4n) is 0.990. The largest absolute Gasteiger partial charge is 0.463 e. The maximum absolute atomic E-state index is 10.3. The molecule has 114 valence electrons. The molecule has 6 nitrogen and oxygen atoms in total. The van der Waals surface area contributed by atoms with E-state index in [0.717, 1.165) is 0 Å². The van der Waals surface area contributed by atoms with Crippen LogP contribution in [0.5, 0.6) is 0 Å². The summed E-state index contributed by atoms with van der Waals surface area (Å²) in [5.74, 6) is -0.512. The van der Waals surface area contributed by atoms with E-state index in [0.29, 0.717) is 33.0 Å². The van der Waals surface area contributed by atoms with Gasteiger partial charge in [-0.05, 0) is 20.8 Å². The second-order valence-electron chi connectivity index (χ2n) is 3.62. The Balaban J connectivity index is 0. The maximum atomic E-state index is 10.3. The van der Waals surface area contributed by atoms with Crippen LogP contribution in [-0.2, 0) is 28.5 Å². The minimum Gasteiger partial charge on any atom is -0.463 e. The number of hydrogen-bond donors (Lipinski definition) is 0. The van der Waals surface area contributed by atoms with Gasteiger partial charge in [-0.3, -0.25) is 9.59 Å². The second kappa shape index (κ2) is 14.9. The molecule has 0 aliphatic carbocycles. The molecule has 0 radical (unpaired) electrons. The zero-order valence-electron chi connectivity index (χ0n) is 12.6. The molecule has 0 amide bonds. The van der Waals surface area contributed by atoms with Crippen molar-refractivity contribution in [3.05, 3.63) is 0 Å². The fraction of sp³-hybridized carbons (Fsp3) is 0.846. The van der Waals surface area contributed by atoms with Crippen LogP contribution < -0.4 is 0 Å². The van der Waals surface area contributed by atoms with Gasteiger partial charge in [0.1, 0.15) is 12.7 Å². The molecule has 0 aromatic rings. The van der Waals surface area contributed by atoms with Crippen LogP contribution in [0.25, 0.3) is 0 Å². The van der Waals surface area contributed by atoms with Crippen molar-refractivity contribution in [3.63, 3.8) is 0 Å².